The molecule has 0 saturated heterocycles. The minimum absolute atomic E-state index is 0.288. The summed E-state index contributed by atoms with van der Waals surface area (Å²) in [6, 6.07) is 5.18. The normalized spacial score (nSPS) is 12.2. The number of hydrogen-bond acceptors (Lipinski definition) is 6. The molecule has 1 amide bonds. The molecule has 0 radical (unpaired) electrons. The van der Waals surface area contributed by atoms with Gasteiger partial charge in [-0.2, -0.15) is 4.99 Å². The molecule has 120 valence electrons. The lowest BCUT2D eigenvalue weighted by Gasteiger charge is -2.01. The lowest BCUT2D eigenvalue weighted by Crippen LogP contribution is -2.13. The van der Waals surface area contributed by atoms with Crippen LogP contribution in [0.4, 0.5) is 0 Å². The van der Waals surface area contributed by atoms with Crippen molar-refractivity contribution >= 4 is 28.3 Å². The maximum absolute atomic E-state index is 12.7. The summed E-state index contributed by atoms with van der Waals surface area (Å²) in [6.45, 7) is 1.77. The summed E-state index contributed by atoms with van der Waals surface area (Å²) in [4.78, 5) is 21.9. The Kier molecular flexibility index (Phi) is 3.39. The van der Waals surface area contributed by atoms with Gasteiger partial charge in [0.2, 0.25) is 0 Å². The SMILES string of the molecule is Cc1noc2nc(-c3ccco3)cc(C(=O)N=c3sccn3C)c12. The Morgan fingerprint density at radius 3 is 3.00 bits per heavy atom. The average Bonchev–Trinajstić information content (AvgIpc) is 3.30. The van der Waals surface area contributed by atoms with Gasteiger partial charge in [0.15, 0.2) is 10.6 Å². The number of nitrogens with zero attached hydrogens (tertiary/aromatic N) is 4. The molecule has 0 aliphatic heterocycles. The maximum Gasteiger partial charge on any atom is 0.280 e. The predicted molar refractivity (Wildman–Crippen MR) is 87.4 cm³/mol. The quantitative estimate of drug-likeness (QED) is 0.560. The zero-order valence-electron chi connectivity index (χ0n) is 12.9. The Morgan fingerprint density at radius 1 is 1.42 bits per heavy atom. The van der Waals surface area contributed by atoms with Crippen molar-refractivity contribution in [3.63, 3.8) is 0 Å². The van der Waals surface area contributed by atoms with Crippen LogP contribution in [0.25, 0.3) is 22.6 Å². The van der Waals surface area contributed by atoms with Crippen molar-refractivity contribution < 1.29 is 13.7 Å². The van der Waals surface area contributed by atoms with E-state index >= 15 is 0 Å². The van der Waals surface area contributed by atoms with Crippen LogP contribution in [-0.4, -0.2) is 20.6 Å². The standard InChI is InChI=1S/C16H12N4O3S/c1-9-13-10(14(21)18-16-20(2)5-7-24-16)8-11(12-4-3-6-22-12)17-15(13)23-19-9/h3-8H,1-2H3. The van der Waals surface area contributed by atoms with E-state index in [2.05, 4.69) is 15.1 Å². The van der Waals surface area contributed by atoms with Crippen LogP contribution in [0, 0.1) is 6.92 Å². The second-order valence-electron chi connectivity index (χ2n) is 5.19. The van der Waals surface area contributed by atoms with E-state index in [-0.39, 0.29) is 11.6 Å². The van der Waals surface area contributed by atoms with Crippen LogP contribution < -0.4 is 4.80 Å². The summed E-state index contributed by atoms with van der Waals surface area (Å²) >= 11 is 1.39. The number of rotatable bonds is 2. The molecule has 0 spiro atoms. The van der Waals surface area contributed by atoms with Crippen molar-refractivity contribution in [2.75, 3.05) is 0 Å². The zero-order chi connectivity index (χ0) is 16.7. The molecule has 4 aromatic rings. The van der Waals surface area contributed by atoms with Crippen molar-refractivity contribution in [2.24, 2.45) is 12.0 Å². The van der Waals surface area contributed by atoms with Gasteiger partial charge in [-0.15, -0.1) is 11.3 Å². The number of amides is 1. The first-order valence-corrected chi connectivity index (χ1v) is 8.01. The number of aryl methyl sites for hydroxylation is 2. The topological polar surface area (TPSA) is 86.4 Å². The van der Waals surface area contributed by atoms with Gasteiger partial charge in [0.25, 0.3) is 11.6 Å². The number of pyridine rings is 1. The van der Waals surface area contributed by atoms with E-state index < -0.39 is 0 Å². The van der Waals surface area contributed by atoms with Gasteiger partial charge in [0, 0.05) is 18.6 Å². The lowest BCUT2D eigenvalue weighted by molar-refractivity contribution is 0.0999. The molecule has 4 rings (SSSR count). The summed E-state index contributed by atoms with van der Waals surface area (Å²) in [6.07, 6.45) is 3.39. The first-order valence-electron chi connectivity index (χ1n) is 7.13. The Morgan fingerprint density at radius 2 is 2.29 bits per heavy atom. The fourth-order valence-electron chi connectivity index (χ4n) is 2.40. The van der Waals surface area contributed by atoms with Crippen molar-refractivity contribution in [1.82, 2.24) is 14.7 Å². The third kappa shape index (κ3) is 2.37. The minimum atomic E-state index is -0.375. The molecule has 0 bridgehead atoms. The molecule has 0 saturated carbocycles. The highest BCUT2D eigenvalue weighted by molar-refractivity contribution is 7.07. The van der Waals surface area contributed by atoms with E-state index in [1.54, 1.807) is 36.0 Å². The number of carbonyl (C=O) groups is 1. The summed E-state index contributed by atoms with van der Waals surface area (Å²) in [7, 11) is 1.84. The predicted octanol–water partition coefficient (Wildman–Crippen LogP) is 2.93. The summed E-state index contributed by atoms with van der Waals surface area (Å²) in [5.74, 6) is 0.168. The molecule has 0 aliphatic rings. The van der Waals surface area contributed by atoms with Crippen molar-refractivity contribution in [3.05, 3.63) is 52.1 Å². The molecule has 8 heteroatoms. The molecule has 24 heavy (non-hydrogen) atoms. The van der Waals surface area contributed by atoms with E-state index in [4.69, 9.17) is 8.94 Å². The number of fused-ring (bicyclic) bond motifs is 1. The van der Waals surface area contributed by atoms with E-state index in [0.29, 0.717) is 32.9 Å². The third-order valence-electron chi connectivity index (χ3n) is 3.58. The molecule has 7 nitrogen and oxygen atoms in total. The van der Waals surface area contributed by atoms with Crippen LogP contribution >= 0.6 is 11.3 Å². The van der Waals surface area contributed by atoms with Crippen molar-refractivity contribution in [2.45, 2.75) is 6.92 Å². The summed E-state index contributed by atoms with van der Waals surface area (Å²) in [5, 5.41) is 6.35. The van der Waals surface area contributed by atoms with E-state index in [1.807, 2.05) is 18.6 Å². The van der Waals surface area contributed by atoms with E-state index in [0.717, 1.165) is 0 Å². The number of aromatic nitrogens is 3. The summed E-state index contributed by atoms with van der Waals surface area (Å²) in [5.41, 5.74) is 1.77. The Labute approximate surface area is 139 Å². The fourth-order valence-corrected chi connectivity index (χ4v) is 3.12. The average molecular weight is 340 g/mol. The molecule has 0 fully saturated rings. The Bertz CT molecular complexity index is 1100. The van der Waals surface area contributed by atoms with Crippen LogP contribution in [0.15, 0.2) is 50.0 Å². The molecular formula is C16H12N4O3S. The maximum atomic E-state index is 12.7. The largest absolute Gasteiger partial charge is 0.463 e. The lowest BCUT2D eigenvalue weighted by atomic mass is 10.1. The number of thiazole rings is 1. The van der Waals surface area contributed by atoms with Crippen LogP contribution in [0.3, 0.4) is 0 Å². The summed E-state index contributed by atoms with van der Waals surface area (Å²) < 4.78 is 12.4. The molecule has 0 atom stereocenters. The van der Waals surface area contributed by atoms with Crippen LogP contribution in [0.5, 0.6) is 0 Å². The van der Waals surface area contributed by atoms with Gasteiger partial charge < -0.3 is 13.5 Å². The third-order valence-corrected chi connectivity index (χ3v) is 4.43. The fraction of sp³-hybridized carbons (Fsp3) is 0.125. The van der Waals surface area contributed by atoms with E-state index in [9.17, 15) is 4.79 Å². The van der Waals surface area contributed by atoms with Crippen molar-refractivity contribution in [3.8, 4) is 11.5 Å². The molecule has 0 aromatic carbocycles. The van der Waals surface area contributed by atoms with Crippen LogP contribution in [0.2, 0.25) is 0 Å². The second kappa shape index (κ2) is 5.57. The molecule has 0 N–H and O–H groups in total. The zero-order valence-corrected chi connectivity index (χ0v) is 13.7. The smallest absolute Gasteiger partial charge is 0.280 e. The minimum Gasteiger partial charge on any atom is -0.463 e. The highest BCUT2D eigenvalue weighted by atomic mass is 32.1. The molecule has 0 unspecified atom stereocenters. The van der Waals surface area contributed by atoms with Gasteiger partial charge in [-0.3, -0.25) is 4.79 Å². The number of hydrogen-bond donors (Lipinski definition) is 0. The Balaban J connectivity index is 1.95. The second-order valence-corrected chi connectivity index (χ2v) is 6.07. The molecule has 0 aliphatic carbocycles. The van der Waals surface area contributed by atoms with E-state index in [1.165, 1.54) is 11.3 Å². The van der Waals surface area contributed by atoms with Crippen molar-refractivity contribution in [1.29, 1.82) is 0 Å². The molecule has 4 aromatic heterocycles. The highest BCUT2D eigenvalue weighted by Crippen LogP contribution is 2.27. The van der Waals surface area contributed by atoms with Gasteiger partial charge >= 0.3 is 0 Å². The Hall–Kier alpha value is -3.00. The number of furan rings is 1. The van der Waals surface area contributed by atoms with Gasteiger partial charge in [-0.1, -0.05) is 5.16 Å². The van der Waals surface area contributed by atoms with Gasteiger partial charge in [0.1, 0.15) is 5.69 Å². The highest BCUT2D eigenvalue weighted by Gasteiger charge is 2.20. The first kappa shape index (κ1) is 14.6. The van der Waals surface area contributed by atoms with Gasteiger partial charge in [0.05, 0.1) is 22.9 Å². The van der Waals surface area contributed by atoms with Gasteiger partial charge in [-0.05, 0) is 25.1 Å². The van der Waals surface area contributed by atoms with Gasteiger partial charge in [-0.25, -0.2) is 4.98 Å². The molecular weight excluding hydrogens is 328 g/mol. The monoisotopic (exact) mass is 340 g/mol. The first-order chi connectivity index (χ1) is 11.6. The van der Waals surface area contributed by atoms with Crippen LogP contribution in [-0.2, 0) is 7.05 Å². The van der Waals surface area contributed by atoms with Crippen LogP contribution in [0.1, 0.15) is 16.1 Å². The molecule has 4 heterocycles. The number of carbonyl (C=O) groups excluding carboxylic acids is 1.